The van der Waals surface area contributed by atoms with Gasteiger partial charge in [-0.2, -0.15) is 0 Å². The summed E-state index contributed by atoms with van der Waals surface area (Å²) in [6.07, 6.45) is 4.21. The van der Waals surface area contributed by atoms with E-state index in [0.717, 1.165) is 26.1 Å². The Labute approximate surface area is 123 Å². The summed E-state index contributed by atoms with van der Waals surface area (Å²) in [4.78, 5) is 14.0. The molecule has 2 heterocycles. The first-order valence-corrected chi connectivity index (χ1v) is 7.34. The number of carbonyl (C=O) groups excluding carboxylic acids is 1. The van der Waals surface area contributed by atoms with Crippen molar-refractivity contribution in [2.75, 3.05) is 32.7 Å². The molecule has 2 saturated heterocycles. The van der Waals surface area contributed by atoms with Crippen LogP contribution in [0, 0.1) is 5.41 Å². The fraction of sp³-hybridized carbons (Fsp3) is 0.929. The van der Waals surface area contributed by atoms with Gasteiger partial charge in [0.05, 0.1) is 0 Å². The number of hydrogen-bond donors (Lipinski definition) is 2. The van der Waals surface area contributed by atoms with Gasteiger partial charge in [-0.25, -0.2) is 0 Å². The quantitative estimate of drug-likeness (QED) is 0.822. The minimum Gasteiger partial charge on any atom is -0.352 e. The van der Waals surface area contributed by atoms with Gasteiger partial charge in [0.15, 0.2) is 0 Å². The Kier molecular flexibility index (Phi) is 6.57. The molecular formula is C14H28ClN3O. The van der Waals surface area contributed by atoms with Gasteiger partial charge in [0.25, 0.3) is 0 Å². The lowest BCUT2D eigenvalue weighted by Gasteiger charge is -2.37. The zero-order chi connectivity index (χ0) is 13.0. The second kappa shape index (κ2) is 7.46. The van der Waals surface area contributed by atoms with E-state index in [9.17, 15) is 4.79 Å². The third kappa shape index (κ3) is 4.93. The van der Waals surface area contributed by atoms with Crippen molar-refractivity contribution in [3.8, 4) is 0 Å². The SMILES string of the molecule is CCC(=O)NC1CCCN(CC2(C)CCNC2)C1.Cl. The molecule has 0 aromatic rings. The maximum Gasteiger partial charge on any atom is 0.219 e. The number of carbonyl (C=O) groups is 1. The predicted octanol–water partition coefficient (Wildman–Crippen LogP) is 1.40. The van der Waals surface area contributed by atoms with E-state index in [0.29, 0.717) is 17.9 Å². The Balaban J connectivity index is 0.00000180. The number of rotatable bonds is 4. The van der Waals surface area contributed by atoms with Crippen LogP contribution >= 0.6 is 12.4 Å². The second-order valence-corrected chi connectivity index (χ2v) is 6.23. The van der Waals surface area contributed by atoms with E-state index in [4.69, 9.17) is 0 Å². The van der Waals surface area contributed by atoms with E-state index in [1.54, 1.807) is 0 Å². The third-order valence-corrected chi connectivity index (χ3v) is 4.25. The van der Waals surface area contributed by atoms with Crippen LogP contribution in [0.15, 0.2) is 0 Å². The molecule has 4 nitrogen and oxygen atoms in total. The Hall–Kier alpha value is -0.320. The number of halogens is 1. The molecule has 0 radical (unpaired) electrons. The maximum atomic E-state index is 11.5. The van der Waals surface area contributed by atoms with E-state index in [1.165, 1.54) is 25.9 Å². The Morgan fingerprint density at radius 1 is 1.53 bits per heavy atom. The van der Waals surface area contributed by atoms with Gasteiger partial charge in [-0.05, 0) is 37.8 Å². The summed E-state index contributed by atoms with van der Waals surface area (Å²) in [6.45, 7) is 9.96. The van der Waals surface area contributed by atoms with Gasteiger partial charge in [0, 0.05) is 32.1 Å². The molecular weight excluding hydrogens is 262 g/mol. The van der Waals surface area contributed by atoms with Gasteiger partial charge < -0.3 is 15.5 Å². The van der Waals surface area contributed by atoms with E-state index in [1.807, 2.05) is 6.92 Å². The van der Waals surface area contributed by atoms with Crippen LogP contribution in [-0.4, -0.2) is 49.6 Å². The largest absolute Gasteiger partial charge is 0.352 e. The number of nitrogens with zero attached hydrogens (tertiary/aromatic N) is 1. The monoisotopic (exact) mass is 289 g/mol. The highest BCUT2D eigenvalue weighted by Gasteiger charge is 2.32. The van der Waals surface area contributed by atoms with Crippen molar-refractivity contribution < 1.29 is 4.79 Å². The number of hydrogen-bond acceptors (Lipinski definition) is 3. The van der Waals surface area contributed by atoms with Gasteiger partial charge >= 0.3 is 0 Å². The van der Waals surface area contributed by atoms with E-state index in [-0.39, 0.29) is 18.3 Å². The number of likely N-dealkylation sites (tertiary alicyclic amines) is 1. The first-order valence-electron chi connectivity index (χ1n) is 7.34. The van der Waals surface area contributed by atoms with Crippen molar-refractivity contribution in [2.24, 2.45) is 5.41 Å². The highest BCUT2D eigenvalue weighted by Crippen LogP contribution is 2.27. The summed E-state index contributed by atoms with van der Waals surface area (Å²) in [5.41, 5.74) is 0.427. The van der Waals surface area contributed by atoms with E-state index in [2.05, 4.69) is 22.5 Å². The fourth-order valence-corrected chi connectivity index (χ4v) is 3.19. The van der Waals surface area contributed by atoms with Crippen LogP contribution in [0.5, 0.6) is 0 Å². The Bertz CT molecular complexity index is 292. The molecule has 1 amide bonds. The first-order chi connectivity index (χ1) is 8.61. The first kappa shape index (κ1) is 16.7. The molecule has 0 bridgehead atoms. The summed E-state index contributed by atoms with van der Waals surface area (Å²) in [6, 6.07) is 0.365. The molecule has 2 rings (SSSR count). The Morgan fingerprint density at radius 3 is 2.95 bits per heavy atom. The van der Waals surface area contributed by atoms with Crippen molar-refractivity contribution in [3.63, 3.8) is 0 Å². The Morgan fingerprint density at radius 2 is 2.32 bits per heavy atom. The van der Waals surface area contributed by atoms with Crippen LogP contribution in [0.1, 0.15) is 39.5 Å². The van der Waals surface area contributed by atoms with Crippen LogP contribution in [0.25, 0.3) is 0 Å². The molecule has 5 heteroatoms. The molecule has 2 N–H and O–H groups in total. The van der Waals surface area contributed by atoms with Crippen molar-refractivity contribution in [3.05, 3.63) is 0 Å². The maximum absolute atomic E-state index is 11.5. The molecule has 2 aliphatic rings. The predicted molar refractivity (Wildman–Crippen MR) is 80.7 cm³/mol. The summed E-state index contributed by atoms with van der Waals surface area (Å²) in [7, 11) is 0. The lowest BCUT2D eigenvalue weighted by molar-refractivity contribution is -0.121. The normalized spacial score (nSPS) is 31.8. The van der Waals surface area contributed by atoms with Gasteiger partial charge in [-0.3, -0.25) is 4.79 Å². The molecule has 2 atom stereocenters. The molecule has 0 saturated carbocycles. The van der Waals surface area contributed by atoms with Crippen molar-refractivity contribution in [1.82, 2.24) is 15.5 Å². The summed E-state index contributed by atoms with van der Waals surface area (Å²) < 4.78 is 0. The van der Waals surface area contributed by atoms with Gasteiger partial charge in [0.2, 0.25) is 5.91 Å². The zero-order valence-corrected chi connectivity index (χ0v) is 13.0. The van der Waals surface area contributed by atoms with E-state index < -0.39 is 0 Å². The van der Waals surface area contributed by atoms with Crippen molar-refractivity contribution >= 4 is 18.3 Å². The molecule has 112 valence electrons. The number of amides is 1. The van der Waals surface area contributed by atoms with Gasteiger partial charge in [0.1, 0.15) is 0 Å². The molecule has 0 aromatic carbocycles. The summed E-state index contributed by atoms with van der Waals surface area (Å²) in [5.74, 6) is 0.190. The molecule has 2 fully saturated rings. The highest BCUT2D eigenvalue weighted by molar-refractivity contribution is 5.85. The molecule has 0 aliphatic carbocycles. The standard InChI is InChI=1S/C14H27N3O.ClH/c1-3-13(18)16-12-5-4-8-17(9-12)11-14(2)6-7-15-10-14;/h12,15H,3-11H2,1-2H3,(H,16,18);1H. The average Bonchev–Trinajstić information content (AvgIpc) is 2.76. The molecule has 2 aliphatic heterocycles. The van der Waals surface area contributed by atoms with Crippen LogP contribution in [0.3, 0.4) is 0 Å². The molecule has 0 spiro atoms. The lowest BCUT2D eigenvalue weighted by atomic mass is 9.88. The van der Waals surface area contributed by atoms with Gasteiger partial charge in [-0.1, -0.05) is 13.8 Å². The topological polar surface area (TPSA) is 44.4 Å². The average molecular weight is 290 g/mol. The number of piperidine rings is 1. The van der Waals surface area contributed by atoms with E-state index >= 15 is 0 Å². The van der Waals surface area contributed by atoms with Crippen LogP contribution in [-0.2, 0) is 4.79 Å². The van der Waals surface area contributed by atoms with Crippen LogP contribution < -0.4 is 10.6 Å². The zero-order valence-electron chi connectivity index (χ0n) is 12.2. The van der Waals surface area contributed by atoms with Crippen LogP contribution in [0.4, 0.5) is 0 Å². The molecule has 2 unspecified atom stereocenters. The number of nitrogens with one attached hydrogen (secondary N) is 2. The molecule has 19 heavy (non-hydrogen) atoms. The van der Waals surface area contributed by atoms with Gasteiger partial charge in [-0.15, -0.1) is 12.4 Å². The lowest BCUT2D eigenvalue weighted by Crippen LogP contribution is -2.50. The van der Waals surface area contributed by atoms with Crippen molar-refractivity contribution in [2.45, 2.75) is 45.6 Å². The minimum absolute atomic E-state index is 0. The summed E-state index contributed by atoms with van der Waals surface area (Å²) >= 11 is 0. The minimum atomic E-state index is 0. The van der Waals surface area contributed by atoms with Crippen molar-refractivity contribution in [1.29, 1.82) is 0 Å². The highest BCUT2D eigenvalue weighted by atomic mass is 35.5. The van der Waals surface area contributed by atoms with Crippen LogP contribution in [0.2, 0.25) is 0 Å². The third-order valence-electron chi connectivity index (χ3n) is 4.25. The fourth-order valence-electron chi connectivity index (χ4n) is 3.19. The molecule has 0 aromatic heterocycles. The smallest absolute Gasteiger partial charge is 0.219 e. The summed E-state index contributed by atoms with van der Waals surface area (Å²) in [5, 5.41) is 6.60. The second-order valence-electron chi connectivity index (χ2n) is 6.23.